The summed E-state index contributed by atoms with van der Waals surface area (Å²) in [4.78, 5) is 24.4. The molecule has 6 N–H and O–H groups in total. The summed E-state index contributed by atoms with van der Waals surface area (Å²) in [6.45, 7) is 2.90. The number of H-pyrrole nitrogens is 1. The van der Waals surface area contributed by atoms with E-state index in [2.05, 4.69) is 15.6 Å². The minimum Gasteiger partial charge on any atom is -0.506 e. The Morgan fingerprint density at radius 1 is 1.23 bits per heavy atom. The number of aromatic hydroxyl groups is 1. The topological polar surface area (TPSA) is 120 Å². The van der Waals surface area contributed by atoms with E-state index in [0.717, 1.165) is 47.7 Å². The lowest BCUT2D eigenvalue weighted by atomic mass is 10.1. The van der Waals surface area contributed by atoms with Crippen molar-refractivity contribution in [3.05, 3.63) is 27.4 Å². The van der Waals surface area contributed by atoms with E-state index in [1.165, 1.54) is 0 Å². The molecule has 2 aromatic rings. The average Bonchev–Trinajstić information content (AvgIpc) is 2.86. The monoisotopic (exact) mass is 324 g/mol. The quantitative estimate of drug-likeness (QED) is 0.412. The second-order valence-electron chi connectivity index (χ2n) is 4.93. The summed E-state index contributed by atoms with van der Waals surface area (Å²) in [6.07, 6.45) is 1.11. The number of thiazole rings is 1. The van der Waals surface area contributed by atoms with Gasteiger partial charge in [0.1, 0.15) is 11.3 Å². The molecule has 1 amide bonds. The largest absolute Gasteiger partial charge is 0.506 e. The Hall–Kier alpha value is -1.90. The first kappa shape index (κ1) is 16.5. The molecule has 8 heteroatoms. The second-order valence-corrected chi connectivity index (χ2v) is 5.91. The van der Waals surface area contributed by atoms with Crippen molar-refractivity contribution in [1.29, 1.82) is 0 Å². The lowest BCUT2D eigenvalue weighted by Crippen LogP contribution is -2.30. The molecular weight excluding hydrogens is 304 g/mol. The number of nitrogens with one attached hydrogen (secondary N) is 3. The summed E-state index contributed by atoms with van der Waals surface area (Å²) in [6, 6.07) is 3.44. The summed E-state index contributed by atoms with van der Waals surface area (Å²) in [7, 11) is 0. The first-order valence-electron chi connectivity index (χ1n) is 7.11. The number of phenolic OH excluding ortho intramolecular Hbond substituents is 1. The maximum atomic E-state index is 11.4. The van der Waals surface area contributed by atoms with Crippen molar-refractivity contribution in [1.82, 2.24) is 15.6 Å². The van der Waals surface area contributed by atoms with Gasteiger partial charge in [0.15, 0.2) is 0 Å². The second kappa shape index (κ2) is 7.92. The zero-order chi connectivity index (χ0) is 15.9. The highest BCUT2D eigenvalue weighted by Gasteiger charge is 2.09. The fourth-order valence-corrected chi connectivity index (χ4v) is 3.03. The number of hydrogen-bond acceptors (Lipinski definition) is 6. The molecule has 120 valence electrons. The van der Waals surface area contributed by atoms with Gasteiger partial charge in [-0.05, 0) is 24.6 Å². The molecule has 22 heavy (non-hydrogen) atoms. The fraction of sp³-hybridized carbons (Fsp3) is 0.429. The molecule has 0 aliphatic carbocycles. The number of aromatic nitrogens is 1. The Morgan fingerprint density at radius 3 is 2.68 bits per heavy atom. The van der Waals surface area contributed by atoms with E-state index in [4.69, 9.17) is 5.73 Å². The molecule has 7 nitrogen and oxygen atoms in total. The van der Waals surface area contributed by atoms with Gasteiger partial charge in [-0.15, -0.1) is 0 Å². The Balaban J connectivity index is 1.75. The molecule has 1 aromatic heterocycles. The maximum absolute atomic E-state index is 11.4. The van der Waals surface area contributed by atoms with Gasteiger partial charge in [-0.25, -0.2) is 0 Å². The first-order chi connectivity index (χ1) is 10.6. The van der Waals surface area contributed by atoms with E-state index in [-0.39, 0.29) is 16.5 Å². The number of hydrogen-bond donors (Lipinski definition) is 5. The van der Waals surface area contributed by atoms with Gasteiger partial charge in [-0.3, -0.25) is 9.59 Å². The molecule has 0 radical (unpaired) electrons. The van der Waals surface area contributed by atoms with Crippen molar-refractivity contribution in [3.63, 3.8) is 0 Å². The number of carbonyl (C=O) groups excluding carboxylic acids is 1. The van der Waals surface area contributed by atoms with Gasteiger partial charge in [0.25, 0.3) is 0 Å². The van der Waals surface area contributed by atoms with Crippen molar-refractivity contribution in [2.75, 3.05) is 26.2 Å². The van der Waals surface area contributed by atoms with E-state index in [0.29, 0.717) is 18.5 Å². The van der Waals surface area contributed by atoms with Crippen LogP contribution < -0.4 is 21.2 Å². The molecule has 0 bridgehead atoms. The number of phenols is 1. The van der Waals surface area contributed by atoms with Gasteiger partial charge in [0.2, 0.25) is 5.91 Å². The molecule has 0 fully saturated rings. The summed E-state index contributed by atoms with van der Waals surface area (Å²) >= 11 is 1.12. The predicted molar refractivity (Wildman–Crippen MR) is 87.4 cm³/mol. The van der Waals surface area contributed by atoms with Crippen LogP contribution in [0.1, 0.15) is 12.0 Å². The molecule has 1 aromatic carbocycles. The van der Waals surface area contributed by atoms with E-state index in [1.54, 1.807) is 6.07 Å². The molecule has 0 aliphatic rings. The molecule has 0 unspecified atom stereocenters. The number of amides is 1. The van der Waals surface area contributed by atoms with Crippen LogP contribution in [0.25, 0.3) is 10.2 Å². The van der Waals surface area contributed by atoms with E-state index in [1.807, 2.05) is 6.07 Å². The number of aromatic amines is 1. The third-order valence-electron chi connectivity index (χ3n) is 3.24. The Labute approximate surface area is 131 Å². The summed E-state index contributed by atoms with van der Waals surface area (Å²) < 4.78 is 0.811. The number of fused-ring (bicyclic) bond motifs is 1. The molecular formula is C14H20N4O3S. The average molecular weight is 324 g/mol. The van der Waals surface area contributed by atoms with Crippen molar-refractivity contribution in [2.24, 2.45) is 5.73 Å². The summed E-state index contributed by atoms with van der Waals surface area (Å²) in [5.74, 6) is -0.203. The summed E-state index contributed by atoms with van der Waals surface area (Å²) in [5, 5.41) is 16.1. The molecule has 1 heterocycles. The van der Waals surface area contributed by atoms with E-state index >= 15 is 0 Å². The molecule has 0 aliphatic heterocycles. The Morgan fingerprint density at radius 2 is 1.95 bits per heavy atom. The van der Waals surface area contributed by atoms with Crippen LogP contribution in [0.3, 0.4) is 0 Å². The number of benzene rings is 1. The summed E-state index contributed by atoms with van der Waals surface area (Å²) in [5.41, 5.74) is 6.59. The number of carbonyl (C=O) groups is 1. The highest BCUT2D eigenvalue weighted by Crippen LogP contribution is 2.27. The SMILES string of the molecule is NC(=O)CCNCCNCCc1ccc(O)c2[nH]c(=O)sc12. The van der Waals surface area contributed by atoms with Crippen LogP contribution in [0.5, 0.6) is 5.75 Å². The van der Waals surface area contributed by atoms with Crippen LogP contribution in [0.15, 0.2) is 16.9 Å². The van der Waals surface area contributed by atoms with Crippen LogP contribution >= 0.6 is 11.3 Å². The highest BCUT2D eigenvalue weighted by atomic mass is 32.1. The van der Waals surface area contributed by atoms with Gasteiger partial charge >= 0.3 is 4.87 Å². The van der Waals surface area contributed by atoms with Crippen LogP contribution in [-0.4, -0.2) is 42.2 Å². The van der Waals surface area contributed by atoms with Gasteiger partial charge in [-0.1, -0.05) is 17.4 Å². The van der Waals surface area contributed by atoms with Crippen molar-refractivity contribution in [2.45, 2.75) is 12.8 Å². The van der Waals surface area contributed by atoms with Gasteiger partial charge in [0.05, 0.1) is 4.70 Å². The Kier molecular flexibility index (Phi) is 5.93. The molecule has 0 atom stereocenters. The van der Waals surface area contributed by atoms with Crippen molar-refractivity contribution in [3.8, 4) is 5.75 Å². The minimum absolute atomic E-state index is 0.101. The predicted octanol–water partition coefficient (Wildman–Crippen LogP) is -0.108. The van der Waals surface area contributed by atoms with Gasteiger partial charge in [0, 0.05) is 26.1 Å². The normalized spacial score (nSPS) is 11.1. The zero-order valence-electron chi connectivity index (χ0n) is 12.1. The smallest absolute Gasteiger partial charge is 0.305 e. The third kappa shape index (κ3) is 4.55. The highest BCUT2D eigenvalue weighted by molar-refractivity contribution is 7.16. The van der Waals surface area contributed by atoms with Crippen molar-refractivity contribution >= 4 is 27.5 Å². The van der Waals surface area contributed by atoms with Crippen LogP contribution in [-0.2, 0) is 11.2 Å². The van der Waals surface area contributed by atoms with E-state index in [9.17, 15) is 14.7 Å². The first-order valence-corrected chi connectivity index (χ1v) is 7.93. The van der Waals surface area contributed by atoms with E-state index < -0.39 is 0 Å². The third-order valence-corrected chi connectivity index (χ3v) is 4.19. The zero-order valence-corrected chi connectivity index (χ0v) is 13.0. The van der Waals surface area contributed by atoms with Crippen LogP contribution in [0.4, 0.5) is 0 Å². The van der Waals surface area contributed by atoms with Gasteiger partial charge in [-0.2, -0.15) is 0 Å². The lowest BCUT2D eigenvalue weighted by Gasteiger charge is -2.07. The molecule has 0 saturated carbocycles. The molecule has 0 spiro atoms. The van der Waals surface area contributed by atoms with Crippen LogP contribution in [0.2, 0.25) is 0 Å². The number of primary amides is 1. The lowest BCUT2D eigenvalue weighted by molar-refractivity contribution is -0.117. The van der Waals surface area contributed by atoms with Crippen molar-refractivity contribution < 1.29 is 9.90 Å². The molecule has 0 saturated heterocycles. The van der Waals surface area contributed by atoms with Crippen LogP contribution in [0, 0.1) is 0 Å². The maximum Gasteiger partial charge on any atom is 0.305 e. The standard InChI is InChI=1S/C14H20N4O3S/c15-11(20)4-6-17-8-7-16-5-3-9-1-2-10(19)12-13(9)22-14(21)18-12/h1-2,16-17,19H,3-8H2,(H2,15,20)(H,18,21). The fourth-order valence-electron chi connectivity index (χ4n) is 2.13. The number of rotatable bonds is 9. The molecule has 2 rings (SSSR count). The van der Waals surface area contributed by atoms with Gasteiger partial charge < -0.3 is 26.5 Å². The number of nitrogens with two attached hydrogens (primary N) is 1. The Bertz CT molecular complexity index is 695. The minimum atomic E-state index is -0.303.